The molecule has 0 radical (unpaired) electrons. The molecule has 3 rings (SSSR count). The van der Waals surface area contributed by atoms with Gasteiger partial charge in [-0.1, -0.05) is 24.3 Å². The fraction of sp³-hybridized carbons (Fsp3) is 0.278. The van der Waals surface area contributed by atoms with Crippen LogP contribution in [0, 0.1) is 10.1 Å². The van der Waals surface area contributed by atoms with Gasteiger partial charge in [-0.05, 0) is 29.7 Å². The predicted octanol–water partition coefficient (Wildman–Crippen LogP) is 3.61. The van der Waals surface area contributed by atoms with Gasteiger partial charge in [0.1, 0.15) is 5.69 Å². The number of hydrogen-bond donors (Lipinski definition) is 1. The first kappa shape index (κ1) is 18.7. The maximum atomic E-state index is 12.7. The third kappa shape index (κ3) is 4.18. The fourth-order valence-electron chi connectivity index (χ4n) is 3.00. The molecule has 27 heavy (non-hydrogen) atoms. The van der Waals surface area contributed by atoms with E-state index in [0.717, 1.165) is 17.7 Å². The topological polar surface area (TPSA) is 75.5 Å². The fourth-order valence-corrected chi connectivity index (χ4v) is 3.00. The molecule has 0 spiro atoms. The van der Waals surface area contributed by atoms with Crippen LogP contribution in [-0.2, 0) is 23.9 Å². The molecule has 1 aliphatic heterocycles. The zero-order valence-corrected chi connectivity index (χ0v) is 14.1. The number of nitrogens with one attached hydrogen (secondary N) is 1. The van der Waals surface area contributed by atoms with Crippen molar-refractivity contribution in [2.24, 2.45) is 0 Å². The zero-order valence-electron chi connectivity index (χ0n) is 14.1. The Bertz CT molecular complexity index is 884. The number of benzene rings is 2. The highest BCUT2D eigenvalue weighted by Gasteiger charge is 2.33. The summed E-state index contributed by atoms with van der Waals surface area (Å²) in [6.45, 7) is 0.715. The molecule has 1 amide bonds. The van der Waals surface area contributed by atoms with Gasteiger partial charge in [0.05, 0.1) is 17.0 Å². The first-order chi connectivity index (χ1) is 12.8. The third-order valence-electron chi connectivity index (χ3n) is 4.44. The van der Waals surface area contributed by atoms with Crippen LogP contribution in [-0.4, -0.2) is 28.8 Å². The van der Waals surface area contributed by atoms with Crippen molar-refractivity contribution in [1.82, 2.24) is 4.90 Å². The highest BCUT2D eigenvalue weighted by molar-refractivity contribution is 5.82. The molecule has 0 fully saturated rings. The van der Waals surface area contributed by atoms with Crippen LogP contribution in [0.5, 0.6) is 0 Å². The molecular weight excluding hydrogens is 363 g/mol. The summed E-state index contributed by atoms with van der Waals surface area (Å²) in [5.41, 5.74) is 0.254. The number of halogens is 3. The van der Waals surface area contributed by atoms with Gasteiger partial charge >= 0.3 is 6.18 Å². The van der Waals surface area contributed by atoms with Crippen LogP contribution in [0.15, 0.2) is 42.5 Å². The smallest absolute Gasteiger partial charge is 0.371 e. The summed E-state index contributed by atoms with van der Waals surface area (Å²) in [5, 5.41) is 13.7. The Morgan fingerprint density at radius 2 is 1.89 bits per heavy atom. The highest BCUT2D eigenvalue weighted by Crippen LogP contribution is 2.34. The molecule has 1 heterocycles. The molecule has 0 unspecified atom stereocenters. The Kier molecular flexibility index (Phi) is 5.02. The summed E-state index contributed by atoms with van der Waals surface area (Å²) in [6.07, 6.45) is -3.97. The van der Waals surface area contributed by atoms with Crippen molar-refractivity contribution >= 4 is 17.3 Å². The average Bonchev–Trinajstić information content (AvgIpc) is 2.64. The van der Waals surface area contributed by atoms with Crippen molar-refractivity contribution in [2.45, 2.75) is 19.1 Å². The zero-order chi connectivity index (χ0) is 19.6. The van der Waals surface area contributed by atoms with Crippen molar-refractivity contribution in [2.75, 3.05) is 18.4 Å². The van der Waals surface area contributed by atoms with E-state index in [1.54, 1.807) is 4.90 Å². The second-order valence-electron chi connectivity index (χ2n) is 6.17. The Morgan fingerprint density at radius 1 is 1.19 bits per heavy atom. The summed E-state index contributed by atoms with van der Waals surface area (Å²) in [7, 11) is 0. The quantitative estimate of drug-likeness (QED) is 0.651. The average molecular weight is 379 g/mol. The molecule has 2 aromatic carbocycles. The molecule has 0 saturated carbocycles. The molecule has 0 saturated heterocycles. The van der Waals surface area contributed by atoms with Gasteiger partial charge in [0.25, 0.3) is 5.69 Å². The molecule has 0 bridgehead atoms. The summed E-state index contributed by atoms with van der Waals surface area (Å²) in [6, 6.07) is 9.93. The third-order valence-corrected chi connectivity index (χ3v) is 4.44. The van der Waals surface area contributed by atoms with Crippen LogP contribution < -0.4 is 5.32 Å². The van der Waals surface area contributed by atoms with E-state index >= 15 is 0 Å². The van der Waals surface area contributed by atoms with E-state index in [9.17, 15) is 28.1 Å². The van der Waals surface area contributed by atoms with E-state index in [-0.39, 0.29) is 18.1 Å². The molecule has 6 nitrogen and oxygen atoms in total. The largest absolute Gasteiger partial charge is 0.416 e. The lowest BCUT2D eigenvalue weighted by Gasteiger charge is -2.29. The van der Waals surface area contributed by atoms with Crippen LogP contribution in [0.2, 0.25) is 0 Å². The van der Waals surface area contributed by atoms with Crippen molar-refractivity contribution in [3.05, 3.63) is 69.3 Å². The SMILES string of the molecule is O=C(CNc1ccc(C(F)(F)F)cc1[N+](=O)[O-])N1CCc2ccccc2C1. The van der Waals surface area contributed by atoms with E-state index in [4.69, 9.17) is 0 Å². The number of nitro benzene ring substituents is 1. The number of rotatable bonds is 4. The van der Waals surface area contributed by atoms with Gasteiger partial charge in [-0.25, -0.2) is 0 Å². The summed E-state index contributed by atoms with van der Waals surface area (Å²) < 4.78 is 38.2. The van der Waals surface area contributed by atoms with Gasteiger partial charge < -0.3 is 10.2 Å². The highest BCUT2D eigenvalue weighted by atomic mass is 19.4. The predicted molar refractivity (Wildman–Crippen MR) is 92.2 cm³/mol. The minimum Gasteiger partial charge on any atom is -0.371 e. The Hall–Kier alpha value is -3.10. The molecule has 9 heteroatoms. The lowest BCUT2D eigenvalue weighted by molar-refractivity contribution is -0.384. The number of anilines is 1. The number of nitro groups is 1. The van der Waals surface area contributed by atoms with Crippen LogP contribution in [0.4, 0.5) is 24.5 Å². The minimum atomic E-state index is -4.68. The Labute approximate surface area is 152 Å². The molecule has 2 aromatic rings. The number of carbonyl (C=O) groups excluding carboxylic acids is 1. The van der Waals surface area contributed by atoms with E-state index in [0.29, 0.717) is 25.6 Å². The first-order valence-corrected chi connectivity index (χ1v) is 8.20. The van der Waals surface area contributed by atoms with E-state index in [1.807, 2.05) is 24.3 Å². The van der Waals surface area contributed by atoms with Crippen LogP contribution >= 0.6 is 0 Å². The van der Waals surface area contributed by atoms with E-state index in [1.165, 1.54) is 5.56 Å². The van der Waals surface area contributed by atoms with E-state index < -0.39 is 22.4 Å². The standard InChI is InChI=1S/C18H16F3N3O3/c19-18(20,21)14-5-6-15(16(9-14)24(26)27)22-10-17(25)23-8-7-12-3-1-2-4-13(12)11-23/h1-6,9,22H,7-8,10-11H2. The van der Waals surface area contributed by atoms with E-state index in [2.05, 4.69) is 5.32 Å². The lowest BCUT2D eigenvalue weighted by Crippen LogP contribution is -2.39. The van der Waals surface area contributed by atoms with Crippen molar-refractivity contribution in [3.8, 4) is 0 Å². The van der Waals surface area contributed by atoms with Crippen LogP contribution in [0.3, 0.4) is 0 Å². The first-order valence-electron chi connectivity index (χ1n) is 8.20. The number of fused-ring (bicyclic) bond motifs is 1. The second-order valence-corrected chi connectivity index (χ2v) is 6.17. The molecule has 0 aliphatic carbocycles. The molecule has 1 N–H and O–H groups in total. The number of hydrogen-bond acceptors (Lipinski definition) is 4. The van der Waals surface area contributed by atoms with Gasteiger partial charge in [-0.2, -0.15) is 13.2 Å². The molecule has 142 valence electrons. The second kappa shape index (κ2) is 7.26. The molecule has 0 aromatic heterocycles. The molecular formula is C18H16F3N3O3. The number of nitrogens with zero attached hydrogens (tertiary/aromatic N) is 2. The van der Waals surface area contributed by atoms with Gasteiger partial charge in [-0.15, -0.1) is 0 Å². The Morgan fingerprint density at radius 3 is 2.56 bits per heavy atom. The van der Waals surface area contributed by atoms with Gasteiger partial charge in [0.15, 0.2) is 0 Å². The lowest BCUT2D eigenvalue weighted by atomic mass is 10.00. The number of carbonyl (C=O) groups is 1. The summed E-state index contributed by atoms with van der Waals surface area (Å²) >= 11 is 0. The monoisotopic (exact) mass is 379 g/mol. The van der Waals surface area contributed by atoms with Crippen molar-refractivity contribution in [1.29, 1.82) is 0 Å². The van der Waals surface area contributed by atoms with Gasteiger partial charge in [0, 0.05) is 19.2 Å². The minimum absolute atomic E-state index is 0.126. The van der Waals surface area contributed by atoms with Gasteiger partial charge in [-0.3, -0.25) is 14.9 Å². The maximum Gasteiger partial charge on any atom is 0.416 e. The summed E-state index contributed by atoms with van der Waals surface area (Å²) in [4.78, 5) is 24.2. The Balaban J connectivity index is 1.69. The number of alkyl halides is 3. The van der Waals surface area contributed by atoms with Crippen LogP contribution in [0.1, 0.15) is 16.7 Å². The number of amides is 1. The normalized spacial score (nSPS) is 13.8. The maximum absolute atomic E-state index is 12.7. The molecule has 0 atom stereocenters. The van der Waals surface area contributed by atoms with Gasteiger partial charge in [0.2, 0.25) is 5.91 Å². The van der Waals surface area contributed by atoms with Crippen LogP contribution in [0.25, 0.3) is 0 Å². The summed E-state index contributed by atoms with van der Waals surface area (Å²) in [5.74, 6) is -0.279. The van der Waals surface area contributed by atoms with Crippen molar-refractivity contribution < 1.29 is 22.9 Å². The molecule has 1 aliphatic rings. The van der Waals surface area contributed by atoms with Crippen molar-refractivity contribution in [3.63, 3.8) is 0 Å².